The second-order valence-electron chi connectivity index (χ2n) is 3.04. The quantitative estimate of drug-likeness (QED) is 0.551. The molecule has 0 spiro atoms. The van der Waals surface area contributed by atoms with Crippen molar-refractivity contribution in [1.29, 1.82) is 0 Å². The molecule has 13 heavy (non-hydrogen) atoms. The van der Waals surface area contributed by atoms with Gasteiger partial charge in [-0.2, -0.15) is 0 Å². The summed E-state index contributed by atoms with van der Waals surface area (Å²) in [7, 11) is 0. The van der Waals surface area contributed by atoms with E-state index in [1.54, 1.807) is 0 Å². The van der Waals surface area contributed by atoms with Crippen molar-refractivity contribution in [3.8, 4) is 0 Å². The first-order valence-corrected chi connectivity index (χ1v) is 5.35. The molecule has 1 saturated heterocycles. The van der Waals surface area contributed by atoms with E-state index in [4.69, 9.17) is 10.5 Å². The van der Waals surface area contributed by atoms with Gasteiger partial charge in [0.05, 0.1) is 13.2 Å². The number of ether oxygens (including phenoxy) is 1. The van der Waals surface area contributed by atoms with Gasteiger partial charge in [0.15, 0.2) is 0 Å². The molecule has 1 aliphatic heterocycles. The van der Waals surface area contributed by atoms with Crippen LogP contribution in [0, 0.1) is 0 Å². The zero-order valence-electron chi connectivity index (χ0n) is 7.54. The zero-order chi connectivity index (χ0) is 9.68. The first-order chi connectivity index (χ1) is 6.24. The first kappa shape index (κ1) is 10.9. The van der Waals surface area contributed by atoms with Crippen LogP contribution in [-0.2, 0) is 9.53 Å². The van der Waals surface area contributed by atoms with Crippen LogP contribution in [0.4, 0.5) is 0 Å². The summed E-state index contributed by atoms with van der Waals surface area (Å²) in [4.78, 5) is 13.4. The number of halogens is 1. The topological polar surface area (TPSA) is 55.6 Å². The van der Waals surface area contributed by atoms with Crippen LogP contribution in [0.2, 0.25) is 0 Å². The molecule has 0 aromatic rings. The van der Waals surface area contributed by atoms with E-state index in [0.29, 0.717) is 37.6 Å². The van der Waals surface area contributed by atoms with Crippen molar-refractivity contribution in [2.24, 2.45) is 5.73 Å². The third kappa shape index (κ3) is 3.62. The molecule has 0 aromatic carbocycles. The average molecular weight is 251 g/mol. The molecular weight excluding hydrogens is 236 g/mol. The Bertz CT molecular complexity index is 178. The fraction of sp³-hybridized carbons (Fsp3) is 0.875. The summed E-state index contributed by atoms with van der Waals surface area (Å²) in [5, 5.41) is 0. The lowest BCUT2D eigenvalue weighted by Gasteiger charge is -2.15. The summed E-state index contributed by atoms with van der Waals surface area (Å²) in [6.45, 7) is 3.17. The minimum absolute atomic E-state index is 0.207. The maximum atomic E-state index is 11.3. The number of hydrogen-bond acceptors (Lipinski definition) is 3. The Morgan fingerprint density at radius 2 is 2.38 bits per heavy atom. The summed E-state index contributed by atoms with van der Waals surface area (Å²) in [5.74, 6) is 0.207. The van der Waals surface area contributed by atoms with Gasteiger partial charge in [-0.3, -0.25) is 4.79 Å². The third-order valence-electron chi connectivity index (χ3n) is 1.94. The molecule has 0 saturated carbocycles. The molecule has 1 fully saturated rings. The van der Waals surface area contributed by atoms with Gasteiger partial charge in [-0.15, -0.1) is 0 Å². The van der Waals surface area contributed by atoms with Crippen molar-refractivity contribution in [2.45, 2.75) is 11.2 Å². The number of hydrogen-bond donors (Lipinski definition) is 1. The Kier molecular flexibility index (Phi) is 4.69. The highest BCUT2D eigenvalue weighted by Gasteiger charge is 2.26. The third-order valence-corrected chi connectivity index (χ3v) is 2.55. The van der Waals surface area contributed by atoms with Crippen LogP contribution in [0.25, 0.3) is 0 Å². The Morgan fingerprint density at radius 1 is 1.62 bits per heavy atom. The Labute approximate surface area is 86.5 Å². The van der Waals surface area contributed by atoms with Crippen LogP contribution in [0.5, 0.6) is 0 Å². The second kappa shape index (κ2) is 5.57. The number of nitrogens with zero attached hydrogens (tertiary/aromatic N) is 1. The number of likely N-dealkylation sites (tertiary alicyclic amines) is 1. The molecule has 1 amide bonds. The average Bonchev–Trinajstić information content (AvgIpc) is 2.39. The van der Waals surface area contributed by atoms with E-state index < -0.39 is 0 Å². The molecule has 1 unspecified atom stereocenters. The van der Waals surface area contributed by atoms with Crippen LogP contribution in [0.15, 0.2) is 0 Å². The summed E-state index contributed by atoms with van der Waals surface area (Å²) in [6, 6.07) is 0. The number of alkyl halides is 1. The maximum Gasteiger partial charge on any atom is 0.223 e. The molecule has 5 heteroatoms. The molecule has 1 aliphatic rings. The summed E-state index contributed by atoms with van der Waals surface area (Å²) >= 11 is 3.42. The first-order valence-electron chi connectivity index (χ1n) is 4.43. The maximum absolute atomic E-state index is 11.3. The lowest BCUT2D eigenvalue weighted by molar-refractivity contribution is -0.128. The van der Waals surface area contributed by atoms with Crippen LogP contribution in [0.3, 0.4) is 0 Å². The van der Waals surface area contributed by atoms with Crippen molar-refractivity contribution in [3.63, 3.8) is 0 Å². The lowest BCUT2D eigenvalue weighted by Crippen LogP contribution is -2.29. The Morgan fingerprint density at radius 3 is 2.92 bits per heavy atom. The molecule has 2 N–H and O–H groups in total. The van der Waals surface area contributed by atoms with E-state index in [2.05, 4.69) is 15.9 Å². The van der Waals surface area contributed by atoms with Crippen molar-refractivity contribution >= 4 is 21.8 Å². The number of rotatable bonds is 5. The predicted octanol–water partition coefficient (Wildman–Crippen LogP) is -0.0425. The Balaban J connectivity index is 2.11. The summed E-state index contributed by atoms with van der Waals surface area (Å²) in [6.07, 6.45) is 0.608. The van der Waals surface area contributed by atoms with Gasteiger partial charge in [0.1, 0.15) is 0 Å². The molecule has 1 atom stereocenters. The van der Waals surface area contributed by atoms with Gasteiger partial charge in [0.2, 0.25) is 5.91 Å². The van der Waals surface area contributed by atoms with Gasteiger partial charge in [0.25, 0.3) is 0 Å². The van der Waals surface area contributed by atoms with Gasteiger partial charge in [-0.1, -0.05) is 15.9 Å². The predicted molar refractivity (Wildman–Crippen MR) is 53.8 cm³/mol. The van der Waals surface area contributed by atoms with Gasteiger partial charge in [0, 0.05) is 30.9 Å². The van der Waals surface area contributed by atoms with Crippen LogP contribution in [-0.4, -0.2) is 48.5 Å². The van der Waals surface area contributed by atoms with Gasteiger partial charge >= 0.3 is 0 Å². The fourth-order valence-electron chi connectivity index (χ4n) is 1.30. The summed E-state index contributed by atoms with van der Waals surface area (Å²) in [5.41, 5.74) is 5.26. The normalized spacial score (nSPS) is 22.8. The van der Waals surface area contributed by atoms with Crippen molar-refractivity contribution < 1.29 is 9.53 Å². The molecule has 76 valence electrons. The smallest absolute Gasteiger partial charge is 0.223 e. The van der Waals surface area contributed by atoms with Crippen molar-refractivity contribution in [2.75, 3.05) is 32.8 Å². The van der Waals surface area contributed by atoms with E-state index in [0.717, 1.165) is 6.54 Å². The largest absolute Gasteiger partial charge is 0.378 e. The van der Waals surface area contributed by atoms with E-state index in [-0.39, 0.29) is 5.91 Å². The minimum atomic E-state index is 0.207. The van der Waals surface area contributed by atoms with Gasteiger partial charge < -0.3 is 15.4 Å². The monoisotopic (exact) mass is 250 g/mol. The molecule has 0 aromatic heterocycles. The molecule has 0 bridgehead atoms. The molecule has 1 heterocycles. The van der Waals surface area contributed by atoms with Crippen LogP contribution in [0.1, 0.15) is 6.42 Å². The molecular formula is C8H15BrN2O2. The second-order valence-corrected chi connectivity index (χ2v) is 4.34. The molecule has 1 rings (SSSR count). The van der Waals surface area contributed by atoms with E-state index in [1.165, 1.54) is 0 Å². The number of carbonyl (C=O) groups excluding carboxylic acids is 1. The van der Waals surface area contributed by atoms with Gasteiger partial charge in [-0.05, 0) is 0 Å². The highest BCUT2D eigenvalue weighted by molar-refractivity contribution is 9.09. The van der Waals surface area contributed by atoms with Crippen molar-refractivity contribution in [3.05, 3.63) is 0 Å². The number of amides is 1. The van der Waals surface area contributed by atoms with Crippen molar-refractivity contribution in [1.82, 2.24) is 4.90 Å². The standard InChI is InChI=1S/C8H15BrN2O2/c9-7-5-8(12)11(6-7)2-4-13-3-1-10/h7H,1-6,10H2. The zero-order valence-corrected chi connectivity index (χ0v) is 9.13. The lowest BCUT2D eigenvalue weighted by atomic mass is 10.4. The number of carbonyl (C=O) groups is 1. The van der Waals surface area contributed by atoms with E-state index in [1.807, 2.05) is 4.90 Å². The number of nitrogens with two attached hydrogens (primary N) is 1. The highest BCUT2D eigenvalue weighted by Crippen LogP contribution is 2.17. The Hall–Kier alpha value is -0.130. The molecule has 4 nitrogen and oxygen atoms in total. The molecule has 0 aliphatic carbocycles. The van der Waals surface area contributed by atoms with Crippen LogP contribution < -0.4 is 5.73 Å². The van der Waals surface area contributed by atoms with E-state index in [9.17, 15) is 4.79 Å². The molecule has 0 radical (unpaired) electrons. The highest BCUT2D eigenvalue weighted by atomic mass is 79.9. The summed E-state index contributed by atoms with van der Waals surface area (Å²) < 4.78 is 5.19. The van der Waals surface area contributed by atoms with Crippen LogP contribution >= 0.6 is 15.9 Å². The fourth-order valence-corrected chi connectivity index (χ4v) is 1.93. The SMILES string of the molecule is NCCOCCN1CC(Br)CC1=O. The van der Waals surface area contributed by atoms with E-state index >= 15 is 0 Å². The minimum Gasteiger partial charge on any atom is -0.378 e. The van der Waals surface area contributed by atoms with Gasteiger partial charge in [-0.25, -0.2) is 0 Å².